The fourth-order valence-corrected chi connectivity index (χ4v) is 1.07. The molecule has 0 aromatic carbocycles. The minimum absolute atomic E-state index is 0.0728. The van der Waals surface area contributed by atoms with E-state index in [0.29, 0.717) is 0 Å². The van der Waals surface area contributed by atoms with Crippen LogP contribution in [0, 0.1) is 0 Å². The summed E-state index contributed by atoms with van der Waals surface area (Å²) in [6, 6.07) is -0.864. The van der Waals surface area contributed by atoms with E-state index in [-0.39, 0.29) is 18.8 Å². The van der Waals surface area contributed by atoms with Crippen molar-refractivity contribution in [1.82, 2.24) is 5.32 Å². The molecule has 0 saturated carbocycles. The Balaban J connectivity index is 3.98. The highest BCUT2D eigenvalue weighted by Gasteiger charge is 2.21. The van der Waals surface area contributed by atoms with Crippen LogP contribution in [0.3, 0.4) is 0 Å². The van der Waals surface area contributed by atoms with Crippen LogP contribution in [0.5, 0.6) is 0 Å². The van der Waals surface area contributed by atoms with Gasteiger partial charge in [-0.2, -0.15) is 0 Å². The van der Waals surface area contributed by atoms with Crippen molar-refractivity contribution < 1.29 is 28.6 Å². The third-order valence-electron chi connectivity index (χ3n) is 2.00. The summed E-state index contributed by atoms with van der Waals surface area (Å²) in [6.07, 6.45) is -0.708. The molecule has 0 aromatic rings. The van der Waals surface area contributed by atoms with E-state index in [9.17, 15) is 14.4 Å². The van der Waals surface area contributed by atoms with Gasteiger partial charge in [-0.1, -0.05) is 6.58 Å². The van der Waals surface area contributed by atoms with Crippen molar-refractivity contribution in [3.05, 3.63) is 12.2 Å². The number of hydrogen-bond donors (Lipinski definition) is 1. The molecule has 0 aliphatic heterocycles. The van der Waals surface area contributed by atoms with Gasteiger partial charge in [-0.05, 0) is 34.6 Å². The fourth-order valence-electron chi connectivity index (χ4n) is 1.07. The van der Waals surface area contributed by atoms with Crippen LogP contribution in [0.4, 0.5) is 4.79 Å². The third kappa shape index (κ3) is 9.48. The Labute approximate surface area is 124 Å². The van der Waals surface area contributed by atoms with E-state index in [1.54, 1.807) is 20.8 Å². The van der Waals surface area contributed by atoms with Crippen LogP contribution in [0.1, 0.15) is 34.6 Å². The molecule has 0 fully saturated rings. The molecule has 1 atom stereocenters. The molecule has 0 bridgehead atoms. The zero-order chi connectivity index (χ0) is 16.6. The normalized spacial score (nSPS) is 12.0. The number of carbonyl (C=O) groups excluding carboxylic acids is 3. The lowest BCUT2D eigenvalue weighted by Gasteiger charge is -2.21. The Morgan fingerprint density at radius 2 is 1.67 bits per heavy atom. The molecule has 7 heteroatoms. The zero-order valence-electron chi connectivity index (χ0n) is 13.1. The predicted octanol–water partition coefficient (Wildman–Crippen LogP) is 1.56. The molecule has 1 N–H and O–H groups in total. The van der Waals surface area contributed by atoms with Crippen molar-refractivity contribution in [3.63, 3.8) is 0 Å². The van der Waals surface area contributed by atoms with Crippen molar-refractivity contribution in [1.29, 1.82) is 0 Å². The van der Waals surface area contributed by atoms with Gasteiger partial charge in [0.2, 0.25) is 0 Å². The maximum atomic E-state index is 11.6. The average Bonchev–Trinajstić information content (AvgIpc) is 2.31. The van der Waals surface area contributed by atoms with E-state index < -0.39 is 29.7 Å². The van der Waals surface area contributed by atoms with Crippen LogP contribution in [0.2, 0.25) is 0 Å². The molecule has 0 aliphatic rings. The van der Waals surface area contributed by atoms with Gasteiger partial charge in [0.05, 0.1) is 0 Å². The van der Waals surface area contributed by atoms with Gasteiger partial charge in [0.15, 0.2) is 0 Å². The van der Waals surface area contributed by atoms with Gasteiger partial charge in [0.25, 0.3) is 0 Å². The van der Waals surface area contributed by atoms with E-state index in [1.165, 1.54) is 13.8 Å². The Morgan fingerprint density at radius 3 is 2.14 bits per heavy atom. The maximum Gasteiger partial charge on any atom is 0.408 e. The molecular formula is C14H23NO6. The summed E-state index contributed by atoms with van der Waals surface area (Å²) in [7, 11) is 0. The van der Waals surface area contributed by atoms with Gasteiger partial charge in [0.1, 0.15) is 24.9 Å². The number of nitrogens with one attached hydrogen (secondary N) is 1. The zero-order valence-corrected chi connectivity index (χ0v) is 13.1. The molecule has 0 heterocycles. The lowest BCUT2D eigenvalue weighted by atomic mass is 10.2. The monoisotopic (exact) mass is 301 g/mol. The van der Waals surface area contributed by atoms with Gasteiger partial charge in [-0.25, -0.2) is 14.4 Å². The number of esters is 2. The second-order valence-electron chi connectivity index (χ2n) is 5.45. The van der Waals surface area contributed by atoms with Gasteiger partial charge < -0.3 is 19.5 Å². The van der Waals surface area contributed by atoms with E-state index in [2.05, 4.69) is 11.9 Å². The molecule has 7 nitrogen and oxygen atoms in total. The highest BCUT2D eigenvalue weighted by atomic mass is 16.6. The number of amides is 1. The standard InChI is InChI=1S/C14H23NO6/c1-9(2)11(16)19-7-8-20-12(17)10(3)15-13(18)21-14(4,5)6/h10H,1,7-8H2,2-6H3,(H,15,18)/t10-/m0/s1. The van der Waals surface area contributed by atoms with Gasteiger partial charge in [-0.15, -0.1) is 0 Å². The number of rotatable bonds is 6. The Hall–Kier alpha value is -2.05. The third-order valence-corrected chi connectivity index (χ3v) is 2.00. The fraction of sp³-hybridized carbons (Fsp3) is 0.643. The van der Waals surface area contributed by atoms with Crippen LogP contribution in [-0.4, -0.2) is 42.9 Å². The Kier molecular flexibility index (Phi) is 7.48. The molecule has 0 aromatic heterocycles. The summed E-state index contributed by atoms with van der Waals surface area (Å²) in [6.45, 7) is 11.4. The van der Waals surface area contributed by atoms with Crippen molar-refractivity contribution in [2.24, 2.45) is 0 Å². The average molecular weight is 301 g/mol. The maximum absolute atomic E-state index is 11.6. The topological polar surface area (TPSA) is 90.9 Å². The first-order chi connectivity index (χ1) is 9.53. The first-order valence-corrected chi connectivity index (χ1v) is 6.51. The number of hydrogen-bond acceptors (Lipinski definition) is 6. The number of ether oxygens (including phenoxy) is 3. The van der Waals surface area contributed by atoms with E-state index in [0.717, 1.165) is 0 Å². The van der Waals surface area contributed by atoms with Crippen LogP contribution < -0.4 is 5.32 Å². The first-order valence-electron chi connectivity index (χ1n) is 6.51. The summed E-state index contributed by atoms with van der Waals surface area (Å²) < 4.78 is 14.6. The molecule has 0 aliphatic carbocycles. The van der Waals surface area contributed by atoms with Gasteiger partial charge in [-0.3, -0.25) is 0 Å². The minimum Gasteiger partial charge on any atom is -0.461 e. The predicted molar refractivity (Wildman–Crippen MR) is 75.6 cm³/mol. The molecule has 0 spiro atoms. The molecule has 0 unspecified atom stereocenters. The molecule has 0 rings (SSSR count). The summed E-state index contributed by atoms with van der Waals surface area (Å²) >= 11 is 0. The van der Waals surface area contributed by atoms with Crippen molar-refractivity contribution in [2.45, 2.75) is 46.3 Å². The van der Waals surface area contributed by atoms with Crippen LogP contribution >= 0.6 is 0 Å². The number of alkyl carbamates (subject to hydrolysis) is 1. The second kappa shape index (κ2) is 8.28. The minimum atomic E-state index is -0.864. The smallest absolute Gasteiger partial charge is 0.408 e. The lowest BCUT2D eigenvalue weighted by molar-refractivity contribution is -0.151. The quantitative estimate of drug-likeness (QED) is 0.346. The second-order valence-corrected chi connectivity index (χ2v) is 5.45. The molecule has 0 radical (unpaired) electrons. The van der Waals surface area contributed by atoms with Crippen LogP contribution in [0.15, 0.2) is 12.2 Å². The van der Waals surface area contributed by atoms with Crippen LogP contribution in [-0.2, 0) is 23.8 Å². The summed E-state index contributed by atoms with van der Waals surface area (Å²) in [5.41, 5.74) is -0.383. The Bertz CT molecular complexity index is 410. The molecule has 120 valence electrons. The molecular weight excluding hydrogens is 278 g/mol. The lowest BCUT2D eigenvalue weighted by Crippen LogP contribution is -2.42. The van der Waals surface area contributed by atoms with E-state index in [4.69, 9.17) is 14.2 Å². The molecule has 0 saturated heterocycles. The van der Waals surface area contributed by atoms with Gasteiger partial charge in [0, 0.05) is 5.57 Å². The summed E-state index contributed by atoms with van der Waals surface area (Å²) in [5, 5.41) is 2.35. The molecule has 1 amide bonds. The SMILES string of the molecule is C=C(C)C(=O)OCCOC(=O)[C@H](C)NC(=O)OC(C)(C)C. The molecule has 21 heavy (non-hydrogen) atoms. The summed E-state index contributed by atoms with van der Waals surface area (Å²) in [5.74, 6) is -1.20. The largest absolute Gasteiger partial charge is 0.461 e. The highest BCUT2D eigenvalue weighted by Crippen LogP contribution is 2.06. The van der Waals surface area contributed by atoms with E-state index >= 15 is 0 Å². The number of carbonyl (C=O) groups is 3. The van der Waals surface area contributed by atoms with Crippen molar-refractivity contribution in [2.75, 3.05) is 13.2 Å². The Morgan fingerprint density at radius 1 is 1.14 bits per heavy atom. The summed E-state index contributed by atoms with van der Waals surface area (Å²) in [4.78, 5) is 34.1. The van der Waals surface area contributed by atoms with E-state index in [1.807, 2.05) is 0 Å². The van der Waals surface area contributed by atoms with Crippen LogP contribution in [0.25, 0.3) is 0 Å². The van der Waals surface area contributed by atoms with Gasteiger partial charge >= 0.3 is 18.0 Å². The highest BCUT2D eigenvalue weighted by molar-refractivity contribution is 5.87. The first kappa shape index (κ1) is 18.9. The van der Waals surface area contributed by atoms with Crippen molar-refractivity contribution in [3.8, 4) is 0 Å². The van der Waals surface area contributed by atoms with Crippen molar-refractivity contribution >= 4 is 18.0 Å².